The van der Waals surface area contributed by atoms with Crippen LogP contribution in [0.4, 0.5) is 29.3 Å². The summed E-state index contributed by atoms with van der Waals surface area (Å²) >= 11 is 0. The number of nitrogens with zero attached hydrogens (tertiary/aromatic N) is 3. The van der Waals surface area contributed by atoms with Gasteiger partial charge in [-0.2, -0.15) is 13.2 Å². The Morgan fingerprint density at radius 3 is 2.21 bits per heavy atom. The number of amides is 4. The van der Waals surface area contributed by atoms with E-state index in [1.54, 1.807) is 4.90 Å². The fourth-order valence-corrected chi connectivity index (χ4v) is 5.66. The van der Waals surface area contributed by atoms with E-state index in [1.165, 1.54) is 17.0 Å². The van der Waals surface area contributed by atoms with Gasteiger partial charge in [0.05, 0.1) is 18.3 Å². The van der Waals surface area contributed by atoms with E-state index in [2.05, 4.69) is 10.6 Å². The lowest BCUT2D eigenvalue weighted by Crippen LogP contribution is -2.58. The fraction of sp³-hybridized carbons (Fsp3) is 0.323. The summed E-state index contributed by atoms with van der Waals surface area (Å²) in [5.74, 6) is -0.463. The Labute approximate surface area is 242 Å². The van der Waals surface area contributed by atoms with Crippen LogP contribution in [0, 0.1) is 0 Å². The number of hydrogen-bond acceptors (Lipinski definition) is 4. The highest BCUT2D eigenvalue weighted by Crippen LogP contribution is 2.39. The highest BCUT2D eigenvalue weighted by atomic mass is 19.4. The molecule has 2 aliphatic heterocycles. The number of carbonyl (C=O) groups is 3. The van der Waals surface area contributed by atoms with Gasteiger partial charge < -0.3 is 25.3 Å². The summed E-state index contributed by atoms with van der Waals surface area (Å²) in [5, 5.41) is 5.51. The van der Waals surface area contributed by atoms with E-state index >= 15 is 0 Å². The standard InChI is InChI=1S/C31H32F3N5O3/c1-22(23-9-4-2-5-10-23)35-27(40)20-38-21-39(26-13-6-3-7-14-26)30(28(38)41)15-17-37(18-16-30)29(42)36-25-12-8-11-24(19-25)31(32,33)34/h2-14,19,22H,15-18,20-21H2,1H3,(H,35,40)(H,36,42)/t22-/m1/s1. The van der Waals surface area contributed by atoms with Gasteiger partial charge in [-0.25, -0.2) is 4.79 Å². The first kappa shape index (κ1) is 29.0. The van der Waals surface area contributed by atoms with Gasteiger partial charge in [-0.3, -0.25) is 9.59 Å². The van der Waals surface area contributed by atoms with Crippen LogP contribution in [0.15, 0.2) is 84.9 Å². The summed E-state index contributed by atoms with van der Waals surface area (Å²) in [6, 6.07) is 22.7. The topological polar surface area (TPSA) is 85.0 Å². The molecule has 2 saturated heterocycles. The summed E-state index contributed by atoms with van der Waals surface area (Å²) in [6.07, 6.45) is -3.92. The number of carbonyl (C=O) groups excluding carboxylic acids is 3. The predicted octanol–water partition coefficient (Wildman–Crippen LogP) is 5.26. The van der Waals surface area contributed by atoms with E-state index in [-0.39, 0.29) is 49.8 Å². The molecular weight excluding hydrogens is 547 g/mol. The minimum atomic E-state index is -4.52. The smallest absolute Gasteiger partial charge is 0.348 e. The van der Waals surface area contributed by atoms with Gasteiger partial charge >= 0.3 is 12.2 Å². The quantitative estimate of drug-likeness (QED) is 0.418. The first-order valence-electron chi connectivity index (χ1n) is 13.8. The van der Waals surface area contributed by atoms with E-state index in [4.69, 9.17) is 0 Å². The molecule has 220 valence electrons. The average Bonchev–Trinajstić information content (AvgIpc) is 3.24. The normalized spacial score (nSPS) is 17.3. The first-order chi connectivity index (χ1) is 20.1. The second-order valence-electron chi connectivity index (χ2n) is 10.6. The largest absolute Gasteiger partial charge is 0.416 e. The van der Waals surface area contributed by atoms with Crippen LogP contribution in [-0.4, -0.2) is 59.5 Å². The molecule has 0 radical (unpaired) electrons. The van der Waals surface area contributed by atoms with Crippen LogP contribution in [0.2, 0.25) is 0 Å². The molecule has 1 spiro atoms. The maximum absolute atomic E-state index is 13.9. The van der Waals surface area contributed by atoms with Crippen LogP contribution in [-0.2, 0) is 15.8 Å². The number of urea groups is 1. The second kappa shape index (κ2) is 11.8. The summed E-state index contributed by atoms with van der Waals surface area (Å²) in [5.41, 5.74) is 0.0137. The van der Waals surface area contributed by atoms with Gasteiger partial charge in [0.15, 0.2) is 0 Å². The second-order valence-corrected chi connectivity index (χ2v) is 10.6. The maximum Gasteiger partial charge on any atom is 0.416 e. The Kier molecular flexibility index (Phi) is 8.11. The molecular formula is C31H32F3N5O3. The molecule has 2 heterocycles. The number of rotatable bonds is 6. The predicted molar refractivity (Wildman–Crippen MR) is 153 cm³/mol. The molecule has 3 aromatic carbocycles. The SMILES string of the molecule is C[C@@H](NC(=O)CN1CN(c2ccccc2)C2(CCN(C(=O)Nc3cccc(C(F)(F)F)c3)CC2)C1=O)c1ccccc1. The molecule has 1 atom stereocenters. The molecule has 0 saturated carbocycles. The van der Waals surface area contributed by atoms with Crippen LogP contribution < -0.4 is 15.5 Å². The van der Waals surface area contributed by atoms with Crippen molar-refractivity contribution in [2.45, 2.75) is 37.5 Å². The zero-order chi connectivity index (χ0) is 29.9. The zero-order valence-electron chi connectivity index (χ0n) is 23.1. The molecule has 4 amide bonds. The molecule has 11 heteroatoms. The van der Waals surface area contributed by atoms with Crippen LogP contribution in [0.1, 0.15) is 36.9 Å². The number of alkyl halides is 3. The number of piperidine rings is 1. The zero-order valence-corrected chi connectivity index (χ0v) is 23.1. The van der Waals surface area contributed by atoms with Crippen molar-refractivity contribution in [2.24, 2.45) is 0 Å². The van der Waals surface area contributed by atoms with E-state index in [0.717, 1.165) is 23.4 Å². The summed E-state index contributed by atoms with van der Waals surface area (Å²) in [4.78, 5) is 44.9. The van der Waals surface area contributed by atoms with Gasteiger partial charge in [0.2, 0.25) is 5.91 Å². The number of benzene rings is 3. The monoisotopic (exact) mass is 579 g/mol. The Bertz CT molecular complexity index is 1430. The van der Waals surface area contributed by atoms with Gasteiger partial charge in [0.25, 0.3) is 5.91 Å². The third-order valence-corrected chi connectivity index (χ3v) is 7.91. The van der Waals surface area contributed by atoms with Crippen LogP contribution in [0.3, 0.4) is 0 Å². The molecule has 0 aromatic heterocycles. The van der Waals surface area contributed by atoms with Crippen molar-refractivity contribution >= 4 is 29.2 Å². The van der Waals surface area contributed by atoms with E-state index < -0.39 is 23.3 Å². The molecule has 0 bridgehead atoms. The van der Waals surface area contributed by atoms with Crippen molar-refractivity contribution in [1.29, 1.82) is 0 Å². The van der Waals surface area contributed by atoms with Crippen molar-refractivity contribution in [3.8, 4) is 0 Å². The van der Waals surface area contributed by atoms with E-state index in [9.17, 15) is 27.6 Å². The third kappa shape index (κ3) is 6.05. The summed E-state index contributed by atoms with van der Waals surface area (Å²) in [7, 11) is 0. The summed E-state index contributed by atoms with van der Waals surface area (Å²) < 4.78 is 39.3. The van der Waals surface area contributed by atoms with Crippen molar-refractivity contribution < 1.29 is 27.6 Å². The van der Waals surface area contributed by atoms with E-state index in [0.29, 0.717) is 12.8 Å². The van der Waals surface area contributed by atoms with Gasteiger partial charge in [-0.1, -0.05) is 54.6 Å². The first-order valence-corrected chi connectivity index (χ1v) is 13.8. The van der Waals surface area contributed by atoms with Crippen molar-refractivity contribution in [2.75, 3.05) is 36.5 Å². The molecule has 2 fully saturated rings. The number of para-hydroxylation sites is 1. The number of anilines is 2. The number of hydrogen-bond donors (Lipinski definition) is 2. The molecule has 5 rings (SSSR count). The third-order valence-electron chi connectivity index (χ3n) is 7.91. The molecule has 42 heavy (non-hydrogen) atoms. The lowest BCUT2D eigenvalue weighted by molar-refractivity contribution is -0.137. The van der Waals surface area contributed by atoms with Gasteiger partial charge in [0, 0.05) is 24.5 Å². The molecule has 0 unspecified atom stereocenters. The van der Waals surface area contributed by atoms with E-state index in [1.807, 2.05) is 72.5 Å². The maximum atomic E-state index is 13.9. The van der Waals surface area contributed by atoms with Crippen molar-refractivity contribution in [1.82, 2.24) is 15.1 Å². The van der Waals surface area contributed by atoms with Crippen LogP contribution >= 0.6 is 0 Å². The highest BCUT2D eigenvalue weighted by Gasteiger charge is 2.54. The van der Waals surface area contributed by atoms with Crippen molar-refractivity contribution in [3.63, 3.8) is 0 Å². The lowest BCUT2D eigenvalue weighted by Gasteiger charge is -2.43. The Hall–Kier alpha value is -4.54. The minimum Gasteiger partial charge on any atom is -0.348 e. The molecule has 3 aromatic rings. The Balaban J connectivity index is 1.28. The Morgan fingerprint density at radius 2 is 1.57 bits per heavy atom. The minimum absolute atomic E-state index is 0.0416. The number of likely N-dealkylation sites (tertiary alicyclic amines) is 1. The van der Waals surface area contributed by atoms with Crippen molar-refractivity contribution in [3.05, 3.63) is 96.1 Å². The fourth-order valence-electron chi connectivity index (χ4n) is 5.66. The number of halogens is 3. The molecule has 0 aliphatic carbocycles. The molecule has 2 N–H and O–H groups in total. The Morgan fingerprint density at radius 1 is 0.929 bits per heavy atom. The van der Waals surface area contributed by atoms with Gasteiger partial charge in [-0.05, 0) is 55.7 Å². The summed E-state index contributed by atoms with van der Waals surface area (Å²) in [6.45, 7) is 2.42. The van der Waals surface area contributed by atoms with Crippen LogP contribution in [0.5, 0.6) is 0 Å². The number of nitrogens with one attached hydrogen (secondary N) is 2. The lowest BCUT2D eigenvalue weighted by atomic mass is 9.85. The van der Waals surface area contributed by atoms with Crippen LogP contribution in [0.25, 0.3) is 0 Å². The molecule has 8 nitrogen and oxygen atoms in total. The van der Waals surface area contributed by atoms with Gasteiger partial charge in [-0.15, -0.1) is 0 Å². The highest BCUT2D eigenvalue weighted by molar-refractivity contribution is 5.97. The average molecular weight is 580 g/mol. The van der Waals surface area contributed by atoms with Gasteiger partial charge in [0.1, 0.15) is 12.1 Å². The molecule has 2 aliphatic rings.